The molecule has 0 unspecified atom stereocenters. The van der Waals surface area contributed by atoms with Gasteiger partial charge in [0, 0.05) is 9.79 Å². The Morgan fingerprint density at radius 2 is 1.37 bits per heavy atom. The van der Waals surface area contributed by atoms with Crippen molar-refractivity contribution in [3.63, 3.8) is 0 Å². The summed E-state index contributed by atoms with van der Waals surface area (Å²) in [7, 11) is 0. The van der Waals surface area contributed by atoms with Crippen LogP contribution in [0.25, 0.3) is 0 Å². The number of hydrogen-bond acceptors (Lipinski definition) is 11. The van der Waals surface area contributed by atoms with Gasteiger partial charge in [0.05, 0.1) is 34.1 Å². The van der Waals surface area contributed by atoms with Crippen LogP contribution in [0.15, 0.2) is 138 Å². The van der Waals surface area contributed by atoms with Gasteiger partial charge >= 0.3 is 35.5 Å². The van der Waals surface area contributed by atoms with Crippen molar-refractivity contribution in [1.82, 2.24) is 0 Å². The Kier molecular flexibility index (Phi) is 11.4. The molecule has 0 fully saturated rings. The molecule has 6 N–H and O–H groups in total. The van der Waals surface area contributed by atoms with Crippen LogP contribution in [0.2, 0.25) is 0 Å². The summed E-state index contributed by atoms with van der Waals surface area (Å²) in [6.07, 6.45) is 3.87. The number of carboxylic acid groups (broad SMARTS) is 1. The second-order valence-electron chi connectivity index (χ2n) is 9.95. The SMILES string of the molecule is Cc1ccc(N=Nc2c(N)c(C)cc(N=Nc3ccc(Sc4ccc(N/N=C5\C=CC(=O)C(C(=O)O)=C5)cc4)cc3)c2N)cc1.[Na+]. The molecule has 0 heterocycles. The number of ketones is 1. The largest absolute Gasteiger partial charge is 1.00 e. The van der Waals surface area contributed by atoms with Gasteiger partial charge in [-0.15, -0.1) is 10.2 Å². The molecule has 0 aliphatic heterocycles. The zero-order valence-corrected chi connectivity index (χ0v) is 28.1. The van der Waals surface area contributed by atoms with E-state index in [2.05, 4.69) is 31.0 Å². The van der Waals surface area contributed by atoms with E-state index in [0.29, 0.717) is 45.5 Å². The van der Waals surface area contributed by atoms with Crippen LogP contribution in [0.3, 0.4) is 0 Å². The first-order valence-corrected chi connectivity index (χ1v) is 14.5. The normalized spacial score (nSPS) is 13.7. The molecule has 0 bridgehead atoms. The van der Waals surface area contributed by atoms with Crippen molar-refractivity contribution in [2.45, 2.75) is 23.6 Å². The summed E-state index contributed by atoms with van der Waals surface area (Å²) in [4.78, 5) is 24.8. The van der Waals surface area contributed by atoms with Crippen LogP contribution in [0.5, 0.6) is 0 Å². The van der Waals surface area contributed by atoms with E-state index < -0.39 is 11.8 Å². The Labute approximate surface area is 291 Å². The fraction of sp³-hybridized carbons (Fsp3) is 0.0606. The number of nitrogen functional groups attached to an aromatic ring is 2. The molecule has 46 heavy (non-hydrogen) atoms. The Bertz CT molecular complexity index is 1920. The summed E-state index contributed by atoms with van der Waals surface area (Å²) in [6.45, 7) is 3.85. The van der Waals surface area contributed by atoms with Gasteiger partial charge in [0.25, 0.3) is 0 Å². The zero-order chi connectivity index (χ0) is 31.9. The van der Waals surface area contributed by atoms with Gasteiger partial charge in [-0.25, -0.2) is 4.79 Å². The number of aliphatic carboxylic acids is 1. The van der Waals surface area contributed by atoms with Gasteiger partial charge in [-0.2, -0.15) is 15.3 Å². The summed E-state index contributed by atoms with van der Waals surface area (Å²) < 4.78 is 0. The molecule has 4 aromatic rings. The predicted octanol–water partition coefficient (Wildman–Crippen LogP) is 5.37. The third-order valence-electron chi connectivity index (χ3n) is 6.57. The minimum atomic E-state index is -1.29. The Hall–Kier alpha value is -4.88. The molecule has 0 aromatic heterocycles. The average molecular weight is 640 g/mol. The van der Waals surface area contributed by atoms with Crippen molar-refractivity contribution in [2.24, 2.45) is 25.6 Å². The number of anilines is 3. The minimum absolute atomic E-state index is 0. The van der Waals surface area contributed by atoms with Gasteiger partial charge in [0.15, 0.2) is 5.78 Å². The maximum absolute atomic E-state index is 11.6. The summed E-state index contributed by atoms with van der Waals surface area (Å²) in [5, 5.41) is 30.6. The van der Waals surface area contributed by atoms with E-state index in [0.717, 1.165) is 20.9 Å². The minimum Gasteiger partial charge on any atom is -0.478 e. The van der Waals surface area contributed by atoms with Gasteiger partial charge in [0.2, 0.25) is 0 Å². The predicted molar refractivity (Wildman–Crippen MR) is 177 cm³/mol. The third kappa shape index (κ3) is 8.64. The molecule has 11 nitrogen and oxygen atoms in total. The van der Waals surface area contributed by atoms with Crippen LogP contribution in [-0.2, 0) is 9.59 Å². The molecule has 5 rings (SSSR count). The molecule has 0 spiro atoms. The van der Waals surface area contributed by atoms with E-state index in [4.69, 9.17) is 16.6 Å². The maximum Gasteiger partial charge on any atom is 1.00 e. The molecule has 224 valence electrons. The Morgan fingerprint density at radius 3 is 2.00 bits per heavy atom. The van der Waals surface area contributed by atoms with Crippen LogP contribution in [0.1, 0.15) is 11.1 Å². The van der Waals surface area contributed by atoms with Crippen molar-refractivity contribution in [3.05, 3.63) is 114 Å². The van der Waals surface area contributed by atoms with E-state index in [9.17, 15) is 9.59 Å². The number of hydrazone groups is 1. The Morgan fingerprint density at radius 1 is 0.783 bits per heavy atom. The second-order valence-corrected chi connectivity index (χ2v) is 11.1. The first-order chi connectivity index (χ1) is 21.7. The number of carbonyl (C=O) groups excluding carboxylic acids is 1. The number of benzene rings is 4. The summed E-state index contributed by atoms with van der Waals surface area (Å²) in [6, 6.07) is 24.6. The maximum atomic E-state index is 11.6. The third-order valence-corrected chi connectivity index (χ3v) is 7.59. The number of hydrogen-bond donors (Lipinski definition) is 4. The van der Waals surface area contributed by atoms with Gasteiger partial charge in [-0.1, -0.05) is 29.5 Å². The monoisotopic (exact) mass is 639 g/mol. The smallest absolute Gasteiger partial charge is 0.478 e. The van der Waals surface area contributed by atoms with Crippen molar-refractivity contribution in [2.75, 3.05) is 16.9 Å². The number of nitrogens with two attached hydrogens (primary N) is 2. The van der Waals surface area contributed by atoms with Crippen molar-refractivity contribution in [1.29, 1.82) is 0 Å². The van der Waals surface area contributed by atoms with Gasteiger partial charge in [-0.3, -0.25) is 10.2 Å². The fourth-order valence-corrected chi connectivity index (χ4v) is 4.85. The molecular weight excluding hydrogens is 611 g/mol. The van der Waals surface area contributed by atoms with Crippen LogP contribution in [0, 0.1) is 13.8 Å². The molecule has 13 heteroatoms. The summed E-state index contributed by atoms with van der Waals surface area (Å²) in [5.74, 6) is -1.85. The van der Waals surface area contributed by atoms with Gasteiger partial charge in [0.1, 0.15) is 16.9 Å². The quantitative estimate of drug-likeness (QED) is 0.0474. The Balaban J connectivity index is 0.00000480. The van der Waals surface area contributed by atoms with Crippen LogP contribution < -0.4 is 46.5 Å². The van der Waals surface area contributed by atoms with Crippen LogP contribution in [-0.4, -0.2) is 22.6 Å². The molecule has 1 aliphatic rings. The second kappa shape index (κ2) is 15.4. The molecule has 4 aromatic carbocycles. The number of nitrogens with zero attached hydrogens (tertiary/aromatic N) is 5. The number of carbonyl (C=O) groups is 2. The van der Waals surface area contributed by atoms with Crippen LogP contribution >= 0.6 is 11.8 Å². The van der Waals surface area contributed by atoms with E-state index in [1.807, 2.05) is 86.6 Å². The fourth-order valence-electron chi connectivity index (χ4n) is 4.03. The summed E-state index contributed by atoms with van der Waals surface area (Å²) in [5.41, 5.74) is 21.0. The molecule has 1 aliphatic carbocycles. The number of nitrogens with one attached hydrogen (secondary N) is 1. The van der Waals surface area contributed by atoms with E-state index in [-0.39, 0.29) is 35.1 Å². The zero-order valence-electron chi connectivity index (χ0n) is 25.3. The number of aryl methyl sites for hydroxylation is 2. The number of allylic oxidation sites excluding steroid dienone is 3. The van der Waals surface area contributed by atoms with Crippen molar-refractivity contribution >= 4 is 69.0 Å². The molecular formula is C33H28N8NaO3S+. The molecule has 0 saturated carbocycles. The van der Waals surface area contributed by atoms with E-state index in [1.54, 1.807) is 17.8 Å². The number of carboxylic acids is 1. The molecule has 0 atom stereocenters. The molecule has 0 radical (unpaired) electrons. The van der Waals surface area contributed by atoms with Crippen LogP contribution in [0.4, 0.5) is 39.8 Å². The van der Waals surface area contributed by atoms with Gasteiger partial charge < -0.3 is 16.6 Å². The number of azo groups is 2. The first kappa shape index (κ1) is 34.0. The first-order valence-electron chi connectivity index (χ1n) is 13.6. The number of rotatable bonds is 9. The summed E-state index contributed by atoms with van der Waals surface area (Å²) >= 11 is 1.57. The standard InChI is InChI=1S/C33H28N8O3S.Na/c1-19-3-5-21(6-4-19)38-41-32-30(34)20(2)17-28(31(32)35)40-37-23-9-14-26(15-10-23)45-25-12-7-22(8-13-25)36-39-24-11-16-29(42)27(18-24)33(43)44;/h3-18,36H,34-35H2,1-2H3,(H,43,44);/q;+1/b39-24+,40-37?,41-38?;. The average Bonchev–Trinajstić information content (AvgIpc) is 3.04. The van der Waals surface area contributed by atoms with Crippen molar-refractivity contribution < 1.29 is 44.3 Å². The van der Waals surface area contributed by atoms with E-state index in [1.165, 1.54) is 18.2 Å². The van der Waals surface area contributed by atoms with Crippen molar-refractivity contribution in [3.8, 4) is 0 Å². The van der Waals surface area contributed by atoms with Gasteiger partial charge in [-0.05, 0) is 104 Å². The molecule has 0 saturated heterocycles. The molecule has 0 amide bonds. The topological polar surface area (TPSA) is 180 Å². The van der Waals surface area contributed by atoms with E-state index >= 15 is 0 Å².